The van der Waals surface area contributed by atoms with Crippen LogP contribution in [0.3, 0.4) is 0 Å². The van der Waals surface area contributed by atoms with Crippen LogP contribution in [0.2, 0.25) is 0 Å². The van der Waals surface area contributed by atoms with E-state index in [1.807, 2.05) is 5.38 Å². The molecule has 0 aliphatic carbocycles. The lowest BCUT2D eigenvalue weighted by atomic mass is 10.5. The van der Waals surface area contributed by atoms with Crippen LogP contribution in [0.15, 0.2) is 10.9 Å². The van der Waals surface area contributed by atoms with Gasteiger partial charge in [-0.25, -0.2) is 4.98 Å². The van der Waals surface area contributed by atoms with Crippen molar-refractivity contribution in [1.29, 1.82) is 0 Å². The predicted molar refractivity (Wildman–Crippen MR) is 49.9 cm³/mol. The van der Waals surface area contributed by atoms with Crippen LogP contribution in [0.1, 0.15) is 12.1 Å². The first kappa shape index (κ1) is 9.34. The van der Waals surface area contributed by atoms with E-state index in [1.54, 1.807) is 5.51 Å². The molecule has 0 unspecified atom stereocenters. The van der Waals surface area contributed by atoms with Crippen molar-refractivity contribution in [3.8, 4) is 0 Å². The molecule has 0 saturated carbocycles. The van der Waals surface area contributed by atoms with E-state index in [9.17, 15) is 4.57 Å². The zero-order valence-electron chi connectivity index (χ0n) is 7.01. The number of rotatable bonds is 2. The van der Waals surface area contributed by atoms with Crippen LogP contribution in [0.25, 0.3) is 0 Å². The predicted octanol–water partition coefficient (Wildman–Crippen LogP) is 2.27. The van der Waals surface area contributed by atoms with E-state index in [0.29, 0.717) is 19.4 Å². The molecule has 4 nitrogen and oxygen atoms in total. The van der Waals surface area contributed by atoms with Crippen molar-refractivity contribution in [2.75, 3.05) is 13.2 Å². The van der Waals surface area contributed by atoms with E-state index < -0.39 is 7.60 Å². The minimum absolute atomic E-state index is 0.302. The van der Waals surface area contributed by atoms with Crippen LogP contribution in [0.5, 0.6) is 0 Å². The fourth-order valence-corrected chi connectivity index (χ4v) is 3.43. The quantitative estimate of drug-likeness (QED) is 0.716. The maximum atomic E-state index is 11.8. The number of aromatic nitrogens is 1. The molecule has 13 heavy (non-hydrogen) atoms. The van der Waals surface area contributed by atoms with Gasteiger partial charge < -0.3 is 9.05 Å². The summed E-state index contributed by atoms with van der Waals surface area (Å²) in [5.74, 6) is 0. The van der Waals surface area contributed by atoms with Crippen LogP contribution in [-0.2, 0) is 19.8 Å². The van der Waals surface area contributed by atoms with Crippen molar-refractivity contribution in [2.24, 2.45) is 0 Å². The van der Waals surface area contributed by atoms with Crippen LogP contribution in [-0.4, -0.2) is 18.2 Å². The molecular formula is C7H10NO3PS. The summed E-state index contributed by atoms with van der Waals surface area (Å²) < 4.78 is 22.1. The molecule has 0 bridgehead atoms. The molecule has 0 spiro atoms. The van der Waals surface area contributed by atoms with E-state index >= 15 is 0 Å². The standard InChI is InChI=1S/C7H10NO3PS/c9-12(10-2-1-3-11-12)4-7-5-13-6-8-7/h5-6H,1-4H2. The Bertz CT molecular complexity index is 304. The van der Waals surface area contributed by atoms with Gasteiger partial charge in [-0.1, -0.05) is 0 Å². The average molecular weight is 219 g/mol. The molecule has 2 rings (SSSR count). The monoisotopic (exact) mass is 219 g/mol. The average Bonchev–Trinajstić information content (AvgIpc) is 2.57. The lowest BCUT2D eigenvalue weighted by Crippen LogP contribution is -2.09. The van der Waals surface area contributed by atoms with Gasteiger partial charge in [0.2, 0.25) is 0 Å². The van der Waals surface area contributed by atoms with Gasteiger partial charge in [-0.15, -0.1) is 11.3 Å². The molecule has 72 valence electrons. The third kappa shape index (κ3) is 2.38. The molecule has 1 aliphatic rings. The Morgan fingerprint density at radius 1 is 1.54 bits per heavy atom. The van der Waals surface area contributed by atoms with Gasteiger partial charge in [0.25, 0.3) is 0 Å². The van der Waals surface area contributed by atoms with E-state index in [4.69, 9.17) is 9.05 Å². The maximum absolute atomic E-state index is 11.8. The normalized spacial score (nSPS) is 21.5. The molecule has 0 aromatic carbocycles. The second-order valence-corrected chi connectivity index (χ2v) is 5.54. The molecule has 1 saturated heterocycles. The van der Waals surface area contributed by atoms with Gasteiger partial charge in [-0.05, 0) is 6.42 Å². The number of hydrogen-bond donors (Lipinski definition) is 0. The van der Waals surface area contributed by atoms with Gasteiger partial charge >= 0.3 is 7.60 Å². The molecular weight excluding hydrogens is 209 g/mol. The fraction of sp³-hybridized carbons (Fsp3) is 0.571. The second kappa shape index (κ2) is 3.88. The second-order valence-electron chi connectivity index (χ2n) is 2.77. The Morgan fingerprint density at radius 3 is 2.92 bits per heavy atom. The summed E-state index contributed by atoms with van der Waals surface area (Å²) in [5.41, 5.74) is 2.50. The van der Waals surface area contributed by atoms with E-state index in [-0.39, 0.29) is 0 Å². The van der Waals surface area contributed by atoms with Gasteiger partial charge in [0.05, 0.1) is 30.6 Å². The molecule has 0 N–H and O–H groups in total. The van der Waals surface area contributed by atoms with Crippen LogP contribution in [0.4, 0.5) is 0 Å². The molecule has 1 fully saturated rings. The van der Waals surface area contributed by atoms with E-state index in [2.05, 4.69) is 4.98 Å². The first-order chi connectivity index (χ1) is 6.29. The van der Waals surface area contributed by atoms with Crippen molar-refractivity contribution >= 4 is 18.9 Å². The number of nitrogens with zero attached hydrogens (tertiary/aromatic N) is 1. The first-order valence-electron chi connectivity index (χ1n) is 4.04. The molecule has 6 heteroatoms. The number of thiazole rings is 1. The van der Waals surface area contributed by atoms with Gasteiger partial charge in [0.1, 0.15) is 0 Å². The highest BCUT2D eigenvalue weighted by Gasteiger charge is 2.28. The minimum Gasteiger partial charge on any atom is -0.308 e. The van der Waals surface area contributed by atoms with E-state index in [1.165, 1.54) is 11.3 Å². The smallest absolute Gasteiger partial charge is 0.308 e. The highest BCUT2D eigenvalue weighted by Crippen LogP contribution is 2.53. The van der Waals surface area contributed by atoms with Crippen molar-refractivity contribution in [2.45, 2.75) is 12.6 Å². The van der Waals surface area contributed by atoms with Gasteiger partial charge in [-0.2, -0.15) is 0 Å². The summed E-state index contributed by atoms with van der Waals surface area (Å²) >= 11 is 1.48. The molecule has 0 radical (unpaired) electrons. The Labute approximate surface area is 80.4 Å². The van der Waals surface area contributed by atoms with Crippen molar-refractivity contribution < 1.29 is 13.6 Å². The summed E-state index contributed by atoms with van der Waals surface area (Å²) in [4.78, 5) is 4.04. The van der Waals surface area contributed by atoms with Crippen molar-refractivity contribution in [3.05, 3.63) is 16.6 Å². The molecule has 2 heterocycles. The van der Waals surface area contributed by atoms with Crippen molar-refractivity contribution in [1.82, 2.24) is 4.98 Å². The lowest BCUT2D eigenvalue weighted by molar-refractivity contribution is 0.145. The largest absolute Gasteiger partial charge is 0.336 e. The topological polar surface area (TPSA) is 48.4 Å². The molecule has 1 aromatic heterocycles. The summed E-state index contributed by atoms with van der Waals surface area (Å²) in [7, 11) is -2.86. The zero-order chi connectivity index (χ0) is 9.15. The fourth-order valence-electron chi connectivity index (χ4n) is 1.11. The minimum atomic E-state index is -2.86. The van der Waals surface area contributed by atoms with Crippen molar-refractivity contribution in [3.63, 3.8) is 0 Å². The Morgan fingerprint density at radius 2 is 2.31 bits per heavy atom. The summed E-state index contributed by atoms with van der Waals surface area (Å²) in [5, 5.41) is 1.86. The lowest BCUT2D eigenvalue weighted by Gasteiger charge is -2.21. The molecule has 1 aliphatic heterocycles. The van der Waals surface area contributed by atoms with Gasteiger partial charge in [-0.3, -0.25) is 4.57 Å². The molecule has 0 atom stereocenters. The summed E-state index contributed by atoms with van der Waals surface area (Å²) in [6, 6.07) is 0. The van der Waals surface area contributed by atoms with E-state index in [0.717, 1.165) is 12.1 Å². The summed E-state index contributed by atoms with van der Waals surface area (Å²) in [6.45, 7) is 1.06. The highest BCUT2D eigenvalue weighted by atomic mass is 32.1. The number of hydrogen-bond acceptors (Lipinski definition) is 5. The SMILES string of the molecule is O=P1(Cc2cscn2)OCCCO1. The molecule has 0 amide bonds. The van der Waals surface area contributed by atoms with Crippen LogP contribution in [0, 0.1) is 0 Å². The highest BCUT2D eigenvalue weighted by molar-refractivity contribution is 7.53. The summed E-state index contributed by atoms with van der Waals surface area (Å²) in [6.07, 6.45) is 1.12. The zero-order valence-corrected chi connectivity index (χ0v) is 8.72. The van der Waals surface area contributed by atoms with Crippen LogP contribution < -0.4 is 0 Å². The third-order valence-corrected chi connectivity index (χ3v) is 4.20. The third-order valence-electron chi connectivity index (χ3n) is 1.70. The Hall–Kier alpha value is -0.220. The van der Waals surface area contributed by atoms with Crippen LogP contribution >= 0.6 is 18.9 Å². The van der Waals surface area contributed by atoms with Gasteiger partial charge in [0, 0.05) is 5.38 Å². The Kier molecular flexibility index (Phi) is 2.79. The van der Waals surface area contributed by atoms with Gasteiger partial charge in [0.15, 0.2) is 0 Å². The molecule has 1 aromatic rings. The maximum Gasteiger partial charge on any atom is 0.336 e. The Balaban J connectivity index is 2.04. The first-order valence-corrected chi connectivity index (χ1v) is 6.71.